The van der Waals surface area contributed by atoms with E-state index in [0.29, 0.717) is 33.7 Å². The van der Waals surface area contributed by atoms with Gasteiger partial charge in [-0.3, -0.25) is 9.48 Å². The molecule has 2 aromatic heterocycles. The Hall–Kier alpha value is -3.16. The lowest BCUT2D eigenvalue weighted by atomic mass is 10.1. The second-order valence-corrected chi connectivity index (χ2v) is 7.45. The third-order valence-corrected chi connectivity index (χ3v) is 5.02. The minimum absolute atomic E-state index is 0.0854. The highest BCUT2D eigenvalue weighted by molar-refractivity contribution is 6.35. The predicted octanol–water partition coefficient (Wildman–Crippen LogP) is 5.59. The van der Waals surface area contributed by atoms with Crippen LogP contribution in [0, 0.1) is 12.7 Å². The first-order chi connectivity index (χ1) is 14.4. The van der Waals surface area contributed by atoms with E-state index >= 15 is 0 Å². The first kappa shape index (κ1) is 20.1. The van der Waals surface area contributed by atoms with Crippen molar-refractivity contribution in [2.24, 2.45) is 0 Å². The number of amides is 1. The molecular weight excluding hydrogens is 430 g/mol. The van der Waals surface area contributed by atoms with Crippen molar-refractivity contribution in [3.05, 3.63) is 87.4 Å². The van der Waals surface area contributed by atoms with Gasteiger partial charge < -0.3 is 9.84 Å². The number of halogens is 3. The van der Waals surface area contributed by atoms with Crippen LogP contribution >= 0.6 is 23.2 Å². The van der Waals surface area contributed by atoms with Crippen molar-refractivity contribution < 1.29 is 13.7 Å². The van der Waals surface area contributed by atoms with Crippen molar-refractivity contribution >= 4 is 34.9 Å². The topological polar surface area (TPSA) is 73.0 Å². The molecular formula is C21H15Cl2FN4O2. The second-order valence-electron chi connectivity index (χ2n) is 6.60. The van der Waals surface area contributed by atoms with Gasteiger partial charge in [0.05, 0.1) is 6.54 Å². The minimum Gasteiger partial charge on any atom is -0.355 e. The summed E-state index contributed by atoms with van der Waals surface area (Å²) in [5, 5.41) is 12.0. The molecule has 0 aliphatic rings. The van der Waals surface area contributed by atoms with E-state index in [4.69, 9.17) is 27.7 Å². The summed E-state index contributed by atoms with van der Waals surface area (Å²) >= 11 is 12.2. The quantitative estimate of drug-likeness (QED) is 0.435. The maximum absolute atomic E-state index is 13.1. The zero-order chi connectivity index (χ0) is 21.3. The van der Waals surface area contributed by atoms with Crippen LogP contribution in [0.25, 0.3) is 11.3 Å². The molecule has 0 aliphatic heterocycles. The van der Waals surface area contributed by atoms with Gasteiger partial charge in [0.1, 0.15) is 5.82 Å². The average molecular weight is 445 g/mol. The summed E-state index contributed by atoms with van der Waals surface area (Å²) in [5.74, 6) is -0.100. The number of aromatic nitrogens is 3. The highest BCUT2D eigenvalue weighted by atomic mass is 35.5. The number of nitrogens with one attached hydrogen (secondary N) is 1. The molecule has 0 aliphatic carbocycles. The van der Waals surface area contributed by atoms with Crippen LogP contribution in [-0.2, 0) is 6.54 Å². The Morgan fingerprint density at radius 2 is 1.90 bits per heavy atom. The predicted molar refractivity (Wildman–Crippen MR) is 112 cm³/mol. The molecule has 0 radical (unpaired) electrons. The standard InChI is InChI=1S/C21H15Cl2FN4O2/c1-12-8-20(26-28(12)11-14-2-5-15(22)9-17(14)23)25-21(29)18-10-19(30-27-18)13-3-6-16(24)7-4-13/h2-10H,11H2,1H3,(H,25,26,29). The lowest BCUT2D eigenvalue weighted by Gasteiger charge is -2.07. The summed E-state index contributed by atoms with van der Waals surface area (Å²) in [6, 6.07) is 14.2. The summed E-state index contributed by atoms with van der Waals surface area (Å²) in [5.41, 5.74) is 2.39. The van der Waals surface area contributed by atoms with Crippen LogP contribution in [-0.4, -0.2) is 20.8 Å². The van der Waals surface area contributed by atoms with Crippen LogP contribution < -0.4 is 5.32 Å². The molecule has 0 spiro atoms. The fraction of sp³-hybridized carbons (Fsp3) is 0.0952. The second kappa shape index (κ2) is 8.30. The van der Waals surface area contributed by atoms with Gasteiger partial charge in [0, 0.05) is 33.4 Å². The van der Waals surface area contributed by atoms with Crippen molar-refractivity contribution in [1.82, 2.24) is 14.9 Å². The monoisotopic (exact) mass is 444 g/mol. The van der Waals surface area contributed by atoms with Crippen LogP contribution in [0.2, 0.25) is 10.0 Å². The Balaban J connectivity index is 1.48. The number of aryl methyl sites for hydroxylation is 1. The Labute approximate surface area is 181 Å². The summed E-state index contributed by atoms with van der Waals surface area (Å²) in [6.45, 7) is 2.30. The van der Waals surface area contributed by atoms with E-state index in [1.165, 1.54) is 18.2 Å². The number of carbonyl (C=O) groups is 1. The summed E-state index contributed by atoms with van der Waals surface area (Å²) in [7, 11) is 0. The van der Waals surface area contributed by atoms with Gasteiger partial charge in [0.25, 0.3) is 5.91 Å². The number of rotatable bonds is 5. The first-order valence-electron chi connectivity index (χ1n) is 8.91. The van der Waals surface area contributed by atoms with Crippen molar-refractivity contribution in [2.75, 3.05) is 5.32 Å². The lowest BCUT2D eigenvalue weighted by Crippen LogP contribution is -2.13. The SMILES string of the molecule is Cc1cc(NC(=O)c2cc(-c3ccc(F)cc3)on2)nn1Cc1ccc(Cl)cc1Cl. The van der Waals surface area contributed by atoms with Gasteiger partial charge in [-0.25, -0.2) is 4.39 Å². The van der Waals surface area contributed by atoms with Gasteiger partial charge >= 0.3 is 0 Å². The molecule has 1 amide bonds. The van der Waals surface area contributed by atoms with Crippen molar-refractivity contribution in [3.63, 3.8) is 0 Å². The average Bonchev–Trinajstić information content (AvgIpc) is 3.32. The Kier molecular flexibility index (Phi) is 5.57. The van der Waals surface area contributed by atoms with Gasteiger partial charge in [0.15, 0.2) is 17.3 Å². The Morgan fingerprint density at radius 1 is 1.13 bits per heavy atom. The van der Waals surface area contributed by atoms with Gasteiger partial charge in [-0.1, -0.05) is 34.4 Å². The van der Waals surface area contributed by atoms with E-state index < -0.39 is 5.91 Å². The fourth-order valence-electron chi connectivity index (χ4n) is 2.86. The number of hydrogen-bond donors (Lipinski definition) is 1. The third kappa shape index (κ3) is 4.37. The number of hydrogen-bond acceptors (Lipinski definition) is 4. The summed E-state index contributed by atoms with van der Waals surface area (Å²) in [6.07, 6.45) is 0. The van der Waals surface area contributed by atoms with E-state index in [2.05, 4.69) is 15.6 Å². The molecule has 6 nitrogen and oxygen atoms in total. The van der Waals surface area contributed by atoms with Crippen LogP contribution in [0.1, 0.15) is 21.7 Å². The van der Waals surface area contributed by atoms with Crippen molar-refractivity contribution in [1.29, 1.82) is 0 Å². The molecule has 0 bridgehead atoms. The van der Waals surface area contributed by atoms with Crippen LogP contribution in [0.4, 0.5) is 10.2 Å². The zero-order valence-electron chi connectivity index (χ0n) is 15.7. The molecule has 0 saturated carbocycles. The van der Waals surface area contributed by atoms with Gasteiger partial charge in [-0.05, 0) is 48.9 Å². The van der Waals surface area contributed by atoms with Crippen LogP contribution in [0.3, 0.4) is 0 Å². The van der Waals surface area contributed by atoms with Gasteiger partial charge in [-0.2, -0.15) is 5.10 Å². The molecule has 0 fully saturated rings. The molecule has 9 heteroatoms. The number of nitrogens with zero attached hydrogens (tertiary/aromatic N) is 3. The molecule has 2 heterocycles. The molecule has 30 heavy (non-hydrogen) atoms. The fourth-order valence-corrected chi connectivity index (χ4v) is 3.32. The van der Waals surface area contributed by atoms with Crippen LogP contribution in [0.15, 0.2) is 59.1 Å². The summed E-state index contributed by atoms with van der Waals surface area (Å²) < 4.78 is 20.0. The van der Waals surface area contributed by atoms with Crippen molar-refractivity contribution in [2.45, 2.75) is 13.5 Å². The van der Waals surface area contributed by atoms with E-state index in [0.717, 1.165) is 11.3 Å². The van der Waals surface area contributed by atoms with Gasteiger partial charge in [0.2, 0.25) is 0 Å². The molecule has 0 unspecified atom stereocenters. The smallest absolute Gasteiger partial charge is 0.279 e. The first-order valence-corrected chi connectivity index (χ1v) is 9.67. The third-order valence-electron chi connectivity index (χ3n) is 4.43. The largest absolute Gasteiger partial charge is 0.355 e. The maximum Gasteiger partial charge on any atom is 0.279 e. The number of anilines is 1. The van der Waals surface area contributed by atoms with E-state index in [1.54, 1.807) is 35.0 Å². The van der Waals surface area contributed by atoms with E-state index in [9.17, 15) is 9.18 Å². The molecule has 0 saturated heterocycles. The highest BCUT2D eigenvalue weighted by Gasteiger charge is 2.16. The lowest BCUT2D eigenvalue weighted by molar-refractivity contribution is 0.101. The number of benzene rings is 2. The normalized spacial score (nSPS) is 10.9. The highest BCUT2D eigenvalue weighted by Crippen LogP contribution is 2.23. The molecule has 1 N–H and O–H groups in total. The zero-order valence-corrected chi connectivity index (χ0v) is 17.2. The Morgan fingerprint density at radius 3 is 2.63 bits per heavy atom. The van der Waals surface area contributed by atoms with Crippen molar-refractivity contribution in [3.8, 4) is 11.3 Å². The van der Waals surface area contributed by atoms with Crippen LogP contribution in [0.5, 0.6) is 0 Å². The minimum atomic E-state index is -0.471. The number of carbonyl (C=O) groups excluding carboxylic acids is 1. The van der Waals surface area contributed by atoms with E-state index in [-0.39, 0.29) is 11.5 Å². The molecule has 2 aromatic carbocycles. The van der Waals surface area contributed by atoms with Gasteiger partial charge in [-0.15, -0.1) is 0 Å². The molecule has 4 rings (SSSR count). The summed E-state index contributed by atoms with van der Waals surface area (Å²) in [4.78, 5) is 12.5. The molecule has 0 atom stereocenters. The maximum atomic E-state index is 13.1. The van der Waals surface area contributed by atoms with E-state index in [1.807, 2.05) is 13.0 Å². The molecule has 152 valence electrons. The molecule has 4 aromatic rings. The Bertz CT molecular complexity index is 1220.